The number of carbonyl (C=O) groups is 2. The van der Waals surface area contributed by atoms with Gasteiger partial charge in [-0.2, -0.15) is 0 Å². The first-order valence-electron chi connectivity index (χ1n) is 7.71. The number of nitrogens with one attached hydrogen (secondary N) is 1. The van der Waals surface area contributed by atoms with Gasteiger partial charge < -0.3 is 15.3 Å². The molecule has 0 aromatic carbocycles. The summed E-state index contributed by atoms with van der Waals surface area (Å²) in [5.74, 6) is -0.502. The van der Waals surface area contributed by atoms with Gasteiger partial charge in [-0.25, -0.2) is 9.59 Å². The van der Waals surface area contributed by atoms with E-state index in [9.17, 15) is 14.7 Å². The number of hydrogen-bond acceptors (Lipinski definition) is 2. The van der Waals surface area contributed by atoms with Crippen molar-refractivity contribution in [1.82, 2.24) is 10.2 Å². The first-order valence-corrected chi connectivity index (χ1v) is 7.71. The molecule has 0 spiro atoms. The van der Waals surface area contributed by atoms with Crippen LogP contribution >= 0.6 is 0 Å². The zero-order chi connectivity index (χ0) is 15.8. The van der Waals surface area contributed by atoms with Gasteiger partial charge in [0.15, 0.2) is 0 Å². The van der Waals surface area contributed by atoms with E-state index in [4.69, 9.17) is 0 Å². The van der Waals surface area contributed by atoms with Crippen LogP contribution in [0.2, 0.25) is 0 Å². The van der Waals surface area contributed by atoms with Crippen LogP contribution in [0.3, 0.4) is 0 Å². The van der Waals surface area contributed by atoms with Crippen LogP contribution in [0.15, 0.2) is 0 Å². The summed E-state index contributed by atoms with van der Waals surface area (Å²) >= 11 is 0. The van der Waals surface area contributed by atoms with Gasteiger partial charge in [0.05, 0.1) is 0 Å². The van der Waals surface area contributed by atoms with Gasteiger partial charge in [-0.05, 0) is 25.7 Å². The number of aliphatic carboxylic acids is 1. The highest BCUT2D eigenvalue weighted by Crippen LogP contribution is 2.17. The Hall–Kier alpha value is -1.26. The van der Waals surface area contributed by atoms with Crippen LogP contribution in [0.1, 0.15) is 60.3 Å². The van der Waals surface area contributed by atoms with Crippen LogP contribution in [0, 0.1) is 5.92 Å². The van der Waals surface area contributed by atoms with Gasteiger partial charge in [0.25, 0.3) is 0 Å². The van der Waals surface area contributed by atoms with E-state index in [1.165, 1.54) is 0 Å². The second-order valence-electron chi connectivity index (χ2n) is 5.25. The third-order valence-electron chi connectivity index (χ3n) is 4.26. The van der Waals surface area contributed by atoms with Crippen LogP contribution in [0.5, 0.6) is 0 Å². The SMILES string of the molecule is CCC(CC)CN(CC)C(=O)NC(CC)(CC)C(=O)O. The van der Waals surface area contributed by atoms with Gasteiger partial charge in [0.1, 0.15) is 5.54 Å². The van der Waals surface area contributed by atoms with Crippen molar-refractivity contribution in [2.45, 2.75) is 65.8 Å². The molecule has 0 heterocycles. The second-order valence-corrected chi connectivity index (χ2v) is 5.25. The number of carboxylic acids is 1. The first-order chi connectivity index (χ1) is 9.40. The number of nitrogens with zero attached hydrogens (tertiary/aromatic N) is 1. The molecule has 0 rings (SSSR count). The Bertz CT molecular complexity index is 310. The molecule has 2 amide bonds. The number of urea groups is 1. The smallest absolute Gasteiger partial charge is 0.329 e. The maximum absolute atomic E-state index is 12.3. The zero-order valence-corrected chi connectivity index (χ0v) is 13.5. The number of amides is 2. The summed E-state index contributed by atoms with van der Waals surface area (Å²) in [7, 11) is 0. The van der Waals surface area contributed by atoms with Crippen molar-refractivity contribution in [2.75, 3.05) is 13.1 Å². The summed E-state index contributed by atoms with van der Waals surface area (Å²) in [5.41, 5.74) is -1.15. The summed E-state index contributed by atoms with van der Waals surface area (Å²) < 4.78 is 0. The number of carbonyl (C=O) groups excluding carboxylic acids is 1. The third-order valence-corrected chi connectivity index (χ3v) is 4.26. The molecule has 20 heavy (non-hydrogen) atoms. The lowest BCUT2D eigenvalue weighted by molar-refractivity contribution is -0.144. The average molecular weight is 286 g/mol. The number of rotatable bonds is 9. The number of carboxylic acid groups (broad SMARTS) is 1. The summed E-state index contributed by atoms with van der Waals surface area (Å²) in [6.45, 7) is 11.0. The fourth-order valence-electron chi connectivity index (χ4n) is 2.28. The van der Waals surface area contributed by atoms with Crippen molar-refractivity contribution < 1.29 is 14.7 Å². The molecule has 0 radical (unpaired) electrons. The minimum Gasteiger partial charge on any atom is -0.480 e. The van der Waals surface area contributed by atoms with E-state index in [0.29, 0.717) is 31.8 Å². The Kier molecular flexibility index (Phi) is 8.26. The van der Waals surface area contributed by atoms with Gasteiger partial charge >= 0.3 is 12.0 Å². The van der Waals surface area contributed by atoms with Gasteiger partial charge in [-0.15, -0.1) is 0 Å². The first kappa shape index (κ1) is 18.7. The molecule has 0 unspecified atom stereocenters. The molecule has 0 aromatic heterocycles. The van der Waals surface area contributed by atoms with E-state index >= 15 is 0 Å². The highest BCUT2D eigenvalue weighted by molar-refractivity contribution is 5.86. The van der Waals surface area contributed by atoms with E-state index in [1.807, 2.05) is 6.92 Å². The van der Waals surface area contributed by atoms with E-state index in [0.717, 1.165) is 12.8 Å². The minimum atomic E-state index is -1.15. The maximum atomic E-state index is 12.3. The molecule has 5 heteroatoms. The van der Waals surface area contributed by atoms with Gasteiger partial charge in [0, 0.05) is 13.1 Å². The van der Waals surface area contributed by atoms with E-state index in [1.54, 1.807) is 18.7 Å². The van der Waals surface area contributed by atoms with E-state index < -0.39 is 11.5 Å². The van der Waals surface area contributed by atoms with Crippen molar-refractivity contribution in [3.63, 3.8) is 0 Å². The highest BCUT2D eigenvalue weighted by atomic mass is 16.4. The lowest BCUT2D eigenvalue weighted by Crippen LogP contribution is -2.57. The van der Waals surface area contributed by atoms with E-state index in [2.05, 4.69) is 19.2 Å². The highest BCUT2D eigenvalue weighted by Gasteiger charge is 2.37. The fraction of sp³-hybridized carbons (Fsp3) is 0.867. The summed E-state index contributed by atoms with van der Waals surface area (Å²) in [6.07, 6.45) is 2.80. The molecular formula is C15H30N2O3. The third kappa shape index (κ3) is 4.69. The van der Waals surface area contributed by atoms with Crippen LogP contribution < -0.4 is 5.32 Å². The number of hydrogen-bond donors (Lipinski definition) is 2. The van der Waals surface area contributed by atoms with Crippen molar-refractivity contribution in [2.24, 2.45) is 5.92 Å². The normalized spacial score (nSPS) is 11.5. The molecular weight excluding hydrogens is 256 g/mol. The Labute approximate surface area is 122 Å². The molecule has 0 aromatic rings. The zero-order valence-electron chi connectivity index (χ0n) is 13.5. The maximum Gasteiger partial charge on any atom is 0.329 e. The predicted octanol–water partition coefficient (Wildman–Crippen LogP) is 3.10. The van der Waals surface area contributed by atoms with Crippen LogP contribution in [0.4, 0.5) is 4.79 Å². The van der Waals surface area contributed by atoms with Crippen molar-refractivity contribution in [3.05, 3.63) is 0 Å². The molecule has 0 saturated heterocycles. The lowest BCUT2D eigenvalue weighted by Gasteiger charge is -2.33. The molecule has 0 saturated carbocycles. The largest absolute Gasteiger partial charge is 0.480 e. The van der Waals surface area contributed by atoms with Crippen LogP contribution in [-0.4, -0.2) is 40.6 Å². The Morgan fingerprint density at radius 1 is 1.10 bits per heavy atom. The molecule has 2 N–H and O–H groups in total. The Balaban J connectivity index is 4.88. The standard InChI is InChI=1S/C15H30N2O3/c1-6-12(7-2)11-17(10-5)14(20)16-15(8-3,9-4)13(18)19/h12H,6-11H2,1-5H3,(H,16,20)(H,18,19). The minimum absolute atomic E-state index is 0.273. The summed E-state index contributed by atoms with van der Waals surface area (Å²) in [4.78, 5) is 25.5. The van der Waals surface area contributed by atoms with Crippen molar-refractivity contribution in [3.8, 4) is 0 Å². The molecule has 0 aliphatic rings. The lowest BCUT2D eigenvalue weighted by atomic mass is 9.93. The Morgan fingerprint density at radius 2 is 1.60 bits per heavy atom. The fourth-order valence-corrected chi connectivity index (χ4v) is 2.28. The van der Waals surface area contributed by atoms with Crippen molar-refractivity contribution in [1.29, 1.82) is 0 Å². The molecule has 0 atom stereocenters. The molecule has 0 aliphatic carbocycles. The van der Waals surface area contributed by atoms with Crippen LogP contribution in [0.25, 0.3) is 0 Å². The van der Waals surface area contributed by atoms with Gasteiger partial charge in [0.2, 0.25) is 0 Å². The molecule has 0 aliphatic heterocycles. The van der Waals surface area contributed by atoms with Gasteiger partial charge in [-0.1, -0.05) is 40.5 Å². The molecule has 5 nitrogen and oxygen atoms in total. The quantitative estimate of drug-likeness (QED) is 0.684. The van der Waals surface area contributed by atoms with Crippen molar-refractivity contribution >= 4 is 12.0 Å². The summed E-state index contributed by atoms with van der Waals surface area (Å²) in [5, 5.41) is 12.1. The average Bonchev–Trinajstić information content (AvgIpc) is 2.45. The van der Waals surface area contributed by atoms with Crippen LogP contribution in [-0.2, 0) is 4.79 Å². The molecule has 0 bridgehead atoms. The second kappa shape index (κ2) is 8.82. The Morgan fingerprint density at radius 3 is 1.90 bits per heavy atom. The monoisotopic (exact) mass is 286 g/mol. The van der Waals surface area contributed by atoms with E-state index in [-0.39, 0.29) is 6.03 Å². The summed E-state index contributed by atoms with van der Waals surface area (Å²) in [6, 6.07) is -0.273. The predicted molar refractivity (Wildman–Crippen MR) is 80.8 cm³/mol. The topological polar surface area (TPSA) is 69.6 Å². The van der Waals surface area contributed by atoms with Gasteiger partial charge in [-0.3, -0.25) is 0 Å². The molecule has 118 valence electrons. The molecule has 0 fully saturated rings.